The predicted octanol–water partition coefficient (Wildman–Crippen LogP) is 2.46. The monoisotopic (exact) mass is 399 g/mol. The van der Waals surface area contributed by atoms with Crippen LogP contribution < -0.4 is 0 Å². The van der Waals surface area contributed by atoms with Gasteiger partial charge in [-0.3, -0.25) is 4.79 Å². The molecule has 0 aromatic carbocycles. The SMILES string of the molecule is Cc1nc2nc(C(F)(F)F)nn2c(C)c1CCC(=O)N(CCO)C1CCCC1. The first-order valence-electron chi connectivity index (χ1n) is 9.42. The summed E-state index contributed by atoms with van der Waals surface area (Å²) < 4.78 is 39.7. The molecule has 0 spiro atoms. The third kappa shape index (κ3) is 4.11. The number of fused-ring (bicyclic) bond motifs is 1. The van der Waals surface area contributed by atoms with Crippen LogP contribution in [0.25, 0.3) is 5.78 Å². The first-order valence-corrected chi connectivity index (χ1v) is 9.42. The molecule has 2 heterocycles. The fourth-order valence-corrected chi connectivity index (χ4v) is 3.90. The van der Waals surface area contributed by atoms with Gasteiger partial charge in [-0.05, 0) is 38.7 Å². The molecule has 0 aliphatic heterocycles. The minimum atomic E-state index is -4.64. The normalized spacial score (nSPS) is 15.5. The summed E-state index contributed by atoms with van der Waals surface area (Å²) in [6.45, 7) is 3.56. The Kier molecular flexibility index (Phi) is 5.87. The van der Waals surface area contributed by atoms with E-state index >= 15 is 0 Å². The molecule has 1 fully saturated rings. The maximum Gasteiger partial charge on any atom is 0.453 e. The topological polar surface area (TPSA) is 83.6 Å². The Morgan fingerprint density at radius 1 is 1.25 bits per heavy atom. The summed E-state index contributed by atoms with van der Waals surface area (Å²) in [5.41, 5.74) is 1.72. The second-order valence-corrected chi connectivity index (χ2v) is 7.16. The van der Waals surface area contributed by atoms with Crippen molar-refractivity contribution in [2.75, 3.05) is 13.2 Å². The van der Waals surface area contributed by atoms with Crippen LogP contribution in [0.4, 0.5) is 13.2 Å². The van der Waals surface area contributed by atoms with Gasteiger partial charge in [0.2, 0.25) is 5.91 Å². The minimum Gasteiger partial charge on any atom is -0.395 e. The molecule has 1 N–H and O–H groups in total. The Bertz CT molecular complexity index is 859. The molecule has 3 rings (SSSR count). The first kappa shape index (κ1) is 20.5. The molecule has 0 bridgehead atoms. The van der Waals surface area contributed by atoms with Crippen LogP contribution in [-0.4, -0.2) is 54.7 Å². The summed E-state index contributed by atoms with van der Waals surface area (Å²) in [5, 5.41) is 12.8. The van der Waals surface area contributed by atoms with Gasteiger partial charge in [-0.25, -0.2) is 9.50 Å². The van der Waals surface area contributed by atoms with Gasteiger partial charge in [0.05, 0.1) is 6.61 Å². The summed E-state index contributed by atoms with van der Waals surface area (Å²) in [7, 11) is 0. The van der Waals surface area contributed by atoms with E-state index in [1.54, 1.807) is 18.7 Å². The van der Waals surface area contributed by atoms with E-state index in [-0.39, 0.29) is 30.8 Å². The van der Waals surface area contributed by atoms with Crippen LogP contribution in [0.3, 0.4) is 0 Å². The number of aromatic nitrogens is 4. The number of carbonyl (C=O) groups excluding carboxylic acids is 1. The van der Waals surface area contributed by atoms with Crippen molar-refractivity contribution in [3.63, 3.8) is 0 Å². The predicted molar refractivity (Wildman–Crippen MR) is 94.6 cm³/mol. The summed E-state index contributed by atoms with van der Waals surface area (Å²) in [6.07, 6.45) is -0.0657. The van der Waals surface area contributed by atoms with Gasteiger partial charge in [-0.1, -0.05) is 12.8 Å². The van der Waals surface area contributed by atoms with Crippen molar-refractivity contribution in [3.8, 4) is 0 Å². The molecule has 7 nitrogen and oxygen atoms in total. The molecular formula is C18H24F3N5O2. The quantitative estimate of drug-likeness (QED) is 0.807. The largest absolute Gasteiger partial charge is 0.453 e. The van der Waals surface area contributed by atoms with Crippen LogP contribution in [0, 0.1) is 13.8 Å². The highest BCUT2D eigenvalue weighted by Gasteiger charge is 2.37. The van der Waals surface area contributed by atoms with Gasteiger partial charge in [0.1, 0.15) is 0 Å². The van der Waals surface area contributed by atoms with Crippen LogP contribution in [0.5, 0.6) is 0 Å². The lowest BCUT2D eigenvalue weighted by molar-refractivity contribution is -0.144. The zero-order chi connectivity index (χ0) is 20.5. The molecule has 0 radical (unpaired) electrons. The Labute approximate surface area is 160 Å². The standard InChI is InChI=1S/C18H24F3N5O2/c1-11-14(7-8-15(28)25(9-10-27)13-5-3-4-6-13)12(2)26-17(22-11)23-16(24-26)18(19,20)21/h13,27H,3-10H2,1-2H3. The first-order chi connectivity index (χ1) is 13.2. The van der Waals surface area contributed by atoms with Gasteiger partial charge in [0, 0.05) is 30.4 Å². The van der Waals surface area contributed by atoms with E-state index in [9.17, 15) is 23.1 Å². The number of hydrogen-bond donors (Lipinski definition) is 1. The van der Waals surface area contributed by atoms with Crippen LogP contribution in [-0.2, 0) is 17.4 Å². The molecule has 154 valence electrons. The second kappa shape index (κ2) is 8.02. The van der Waals surface area contributed by atoms with Crippen LogP contribution in [0.15, 0.2) is 0 Å². The molecular weight excluding hydrogens is 375 g/mol. The smallest absolute Gasteiger partial charge is 0.395 e. The Hall–Kier alpha value is -2.23. The zero-order valence-electron chi connectivity index (χ0n) is 16.0. The van der Waals surface area contributed by atoms with Gasteiger partial charge in [-0.15, -0.1) is 5.10 Å². The van der Waals surface area contributed by atoms with E-state index in [0.29, 0.717) is 29.9 Å². The lowest BCUT2D eigenvalue weighted by Gasteiger charge is -2.28. The summed E-state index contributed by atoms with van der Waals surface area (Å²) >= 11 is 0. The van der Waals surface area contributed by atoms with Gasteiger partial charge in [-0.2, -0.15) is 18.2 Å². The van der Waals surface area contributed by atoms with E-state index in [1.807, 2.05) is 0 Å². The maximum absolute atomic E-state index is 12.9. The minimum absolute atomic E-state index is 0.0607. The number of rotatable bonds is 6. The van der Waals surface area contributed by atoms with Crippen molar-refractivity contribution in [1.29, 1.82) is 0 Å². The number of halogens is 3. The number of nitrogens with zero attached hydrogens (tertiary/aromatic N) is 5. The fraction of sp³-hybridized carbons (Fsp3) is 0.667. The molecule has 1 aliphatic rings. The molecule has 0 atom stereocenters. The van der Waals surface area contributed by atoms with E-state index < -0.39 is 12.0 Å². The molecule has 1 saturated carbocycles. The lowest BCUT2D eigenvalue weighted by atomic mass is 10.1. The number of aliphatic hydroxyl groups is 1. The fourth-order valence-electron chi connectivity index (χ4n) is 3.90. The van der Waals surface area contributed by atoms with Crippen molar-refractivity contribution in [1.82, 2.24) is 24.5 Å². The Morgan fingerprint density at radius 3 is 2.54 bits per heavy atom. The molecule has 28 heavy (non-hydrogen) atoms. The van der Waals surface area contributed by atoms with Gasteiger partial charge in [0.25, 0.3) is 11.6 Å². The van der Waals surface area contributed by atoms with Crippen LogP contribution >= 0.6 is 0 Å². The van der Waals surface area contributed by atoms with E-state index in [0.717, 1.165) is 30.2 Å². The summed E-state index contributed by atoms with van der Waals surface area (Å²) in [5.74, 6) is -1.40. The van der Waals surface area contributed by atoms with Gasteiger partial charge in [0.15, 0.2) is 0 Å². The van der Waals surface area contributed by atoms with Crippen molar-refractivity contribution in [2.24, 2.45) is 0 Å². The number of amides is 1. The molecule has 1 aliphatic carbocycles. The number of carbonyl (C=O) groups is 1. The number of alkyl halides is 3. The van der Waals surface area contributed by atoms with Crippen molar-refractivity contribution in [3.05, 3.63) is 22.8 Å². The second-order valence-electron chi connectivity index (χ2n) is 7.16. The van der Waals surface area contributed by atoms with Crippen molar-refractivity contribution >= 4 is 11.7 Å². The molecule has 10 heteroatoms. The van der Waals surface area contributed by atoms with Crippen LogP contribution in [0.1, 0.15) is 54.9 Å². The van der Waals surface area contributed by atoms with Gasteiger partial charge >= 0.3 is 6.18 Å². The van der Waals surface area contributed by atoms with Crippen LogP contribution in [0.2, 0.25) is 0 Å². The molecule has 0 unspecified atom stereocenters. The van der Waals surface area contributed by atoms with E-state index in [1.165, 1.54) is 0 Å². The highest BCUT2D eigenvalue weighted by molar-refractivity contribution is 5.77. The number of hydrogen-bond acceptors (Lipinski definition) is 5. The summed E-state index contributed by atoms with van der Waals surface area (Å²) in [6, 6.07) is 0.159. The number of aryl methyl sites for hydroxylation is 2. The average molecular weight is 399 g/mol. The highest BCUT2D eigenvalue weighted by atomic mass is 19.4. The van der Waals surface area contributed by atoms with E-state index in [2.05, 4.69) is 15.1 Å². The van der Waals surface area contributed by atoms with Crippen molar-refractivity contribution < 1.29 is 23.1 Å². The third-order valence-electron chi connectivity index (χ3n) is 5.32. The molecule has 2 aromatic rings. The molecule has 0 saturated heterocycles. The van der Waals surface area contributed by atoms with E-state index in [4.69, 9.17) is 0 Å². The molecule has 2 aromatic heterocycles. The lowest BCUT2D eigenvalue weighted by Crippen LogP contribution is -2.40. The highest BCUT2D eigenvalue weighted by Crippen LogP contribution is 2.28. The number of aliphatic hydroxyl groups excluding tert-OH is 1. The Balaban J connectivity index is 1.80. The zero-order valence-corrected chi connectivity index (χ0v) is 16.0. The summed E-state index contributed by atoms with van der Waals surface area (Å²) in [4.78, 5) is 22.1. The maximum atomic E-state index is 12.9. The van der Waals surface area contributed by atoms with Gasteiger partial charge < -0.3 is 10.0 Å². The Morgan fingerprint density at radius 2 is 1.93 bits per heavy atom. The average Bonchev–Trinajstić information content (AvgIpc) is 3.28. The van der Waals surface area contributed by atoms with Crippen molar-refractivity contribution in [2.45, 2.75) is 64.6 Å². The third-order valence-corrected chi connectivity index (χ3v) is 5.32. The molecule has 1 amide bonds.